The third-order valence-electron chi connectivity index (χ3n) is 3.59. The lowest BCUT2D eigenvalue weighted by molar-refractivity contribution is 0.0946. The Labute approximate surface area is 148 Å². The van der Waals surface area contributed by atoms with Gasteiger partial charge in [0.2, 0.25) is 0 Å². The maximum Gasteiger partial charge on any atom is 0.256 e. The summed E-state index contributed by atoms with van der Waals surface area (Å²) in [6, 6.07) is 9.52. The van der Waals surface area contributed by atoms with E-state index in [1.54, 1.807) is 37.5 Å². The Morgan fingerprint density at radius 1 is 1.24 bits per heavy atom. The molecule has 1 N–H and O–H groups in total. The number of benzene rings is 1. The number of hydrogen-bond donors (Lipinski definition) is 1. The number of amides is 1. The number of nitrogens with zero attached hydrogens (tertiary/aromatic N) is 2. The minimum Gasteiger partial charge on any atom is -0.461 e. The molecule has 2 aromatic heterocycles. The van der Waals surface area contributed by atoms with Crippen LogP contribution in [0, 0.1) is 12.7 Å². The van der Waals surface area contributed by atoms with Crippen molar-refractivity contribution in [3.63, 3.8) is 0 Å². The molecule has 0 spiro atoms. The van der Waals surface area contributed by atoms with Crippen molar-refractivity contribution in [2.75, 3.05) is 6.26 Å². The van der Waals surface area contributed by atoms with E-state index in [0.29, 0.717) is 34.4 Å². The maximum absolute atomic E-state index is 12.9. The molecule has 3 rings (SSSR count). The number of aromatic nitrogens is 2. The second kappa shape index (κ2) is 7.48. The lowest BCUT2D eigenvalue weighted by Crippen LogP contribution is -2.25. The summed E-state index contributed by atoms with van der Waals surface area (Å²) in [5.74, 6) is 0.424. The van der Waals surface area contributed by atoms with Crippen molar-refractivity contribution in [3.8, 4) is 11.6 Å². The molecule has 1 amide bonds. The zero-order valence-electron chi connectivity index (χ0n) is 13.7. The minimum atomic E-state index is -0.308. The van der Waals surface area contributed by atoms with Gasteiger partial charge in [-0.05, 0) is 43.0 Å². The summed E-state index contributed by atoms with van der Waals surface area (Å²) in [6.07, 6.45) is 3.40. The number of halogens is 1. The van der Waals surface area contributed by atoms with Gasteiger partial charge in [0.15, 0.2) is 11.6 Å². The second-order valence-corrected chi connectivity index (χ2v) is 6.10. The summed E-state index contributed by atoms with van der Waals surface area (Å²) in [4.78, 5) is 21.4. The Bertz CT molecular complexity index is 880. The van der Waals surface area contributed by atoms with Gasteiger partial charge in [-0.3, -0.25) is 4.79 Å². The highest BCUT2D eigenvalue weighted by Crippen LogP contribution is 2.25. The fraction of sp³-hybridized carbons (Fsp3) is 0.167. The van der Waals surface area contributed by atoms with Crippen molar-refractivity contribution in [1.29, 1.82) is 0 Å². The molecule has 0 atom stereocenters. The molecule has 0 saturated carbocycles. The molecule has 3 aromatic rings. The molecule has 7 heteroatoms. The van der Waals surface area contributed by atoms with Crippen LogP contribution in [0.3, 0.4) is 0 Å². The van der Waals surface area contributed by atoms with Crippen LogP contribution in [0.1, 0.15) is 21.6 Å². The molecule has 5 nitrogen and oxygen atoms in total. The van der Waals surface area contributed by atoms with Gasteiger partial charge < -0.3 is 9.73 Å². The van der Waals surface area contributed by atoms with E-state index in [1.165, 1.54) is 23.9 Å². The summed E-state index contributed by atoms with van der Waals surface area (Å²) in [7, 11) is 0. The van der Waals surface area contributed by atoms with E-state index in [2.05, 4.69) is 15.3 Å². The zero-order chi connectivity index (χ0) is 17.8. The third-order valence-corrected chi connectivity index (χ3v) is 4.27. The van der Waals surface area contributed by atoms with Gasteiger partial charge in [0, 0.05) is 6.54 Å². The van der Waals surface area contributed by atoms with Crippen molar-refractivity contribution in [2.24, 2.45) is 0 Å². The van der Waals surface area contributed by atoms with Crippen LogP contribution in [0.25, 0.3) is 11.6 Å². The maximum atomic E-state index is 12.9. The SMILES string of the molecule is CSc1nc(-c2ccco2)nc(C)c1C(=O)NCc1ccc(F)cc1. The van der Waals surface area contributed by atoms with Gasteiger partial charge in [-0.2, -0.15) is 0 Å². The number of rotatable bonds is 5. The highest BCUT2D eigenvalue weighted by molar-refractivity contribution is 7.98. The molecule has 0 unspecified atom stereocenters. The smallest absolute Gasteiger partial charge is 0.256 e. The molecule has 2 heterocycles. The Hall–Kier alpha value is -2.67. The molecule has 0 fully saturated rings. The van der Waals surface area contributed by atoms with Gasteiger partial charge in [0.25, 0.3) is 5.91 Å². The Kier molecular flexibility index (Phi) is 5.14. The standard InChI is InChI=1S/C18H16FN3O2S/c1-11-15(17(23)20-10-12-5-7-13(19)8-6-12)18(25-2)22-16(21-11)14-4-3-9-24-14/h3-9H,10H2,1-2H3,(H,20,23). The average Bonchev–Trinajstić information content (AvgIpc) is 3.15. The fourth-order valence-corrected chi connectivity index (χ4v) is 2.97. The lowest BCUT2D eigenvalue weighted by atomic mass is 10.2. The van der Waals surface area contributed by atoms with Crippen molar-refractivity contribution in [1.82, 2.24) is 15.3 Å². The summed E-state index contributed by atoms with van der Waals surface area (Å²) in [5, 5.41) is 3.41. The van der Waals surface area contributed by atoms with Crippen LogP contribution < -0.4 is 5.32 Å². The molecule has 25 heavy (non-hydrogen) atoms. The van der Waals surface area contributed by atoms with Crippen LogP contribution >= 0.6 is 11.8 Å². The number of carbonyl (C=O) groups is 1. The van der Waals surface area contributed by atoms with Crippen molar-refractivity contribution < 1.29 is 13.6 Å². The summed E-state index contributed by atoms with van der Waals surface area (Å²) in [5.41, 5.74) is 1.82. The molecule has 0 saturated heterocycles. The van der Waals surface area contributed by atoms with E-state index >= 15 is 0 Å². The van der Waals surface area contributed by atoms with Gasteiger partial charge in [0.1, 0.15) is 10.8 Å². The molecule has 0 aliphatic heterocycles. The summed E-state index contributed by atoms with van der Waals surface area (Å²) < 4.78 is 18.3. The third kappa shape index (κ3) is 3.88. The van der Waals surface area contributed by atoms with E-state index in [0.717, 1.165) is 5.56 Å². The van der Waals surface area contributed by atoms with E-state index in [1.807, 2.05) is 6.26 Å². The number of carbonyl (C=O) groups excluding carboxylic acids is 1. The molecular formula is C18H16FN3O2S. The number of hydrogen-bond acceptors (Lipinski definition) is 5. The van der Waals surface area contributed by atoms with Crippen molar-refractivity contribution in [3.05, 3.63) is 65.3 Å². The number of nitrogens with one attached hydrogen (secondary N) is 1. The van der Waals surface area contributed by atoms with Crippen LogP contribution in [0.15, 0.2) is 52.1 Å². The Morgan fingerprint density at radius 3 is 2.64 bits per heavy atom. The van der Waals surface area contributed by atoms with Crippen molar-refractivity contribution in [2.45, 2.75) is 18.5 Å². The molecular weight excluding hydrogens is 341 g/mol. The van der Waals surface area contributed by atoms with Crippen LogP contribution in [0.2, 0.25) is 0 Å². The Balaban J connectivity index is 1.83. The first kappa shape index (κ1) is 17.2. The monoisotopic (exact) mass is 357 g/mol. The topological polar surface area (TPSA) is 68.0 Å². The van der Waals surface area contributed by atoms with Gasteiger partial charge in [-0.1, -0.05) is 12.1 Å². The predicted molar refractivity (Wildman–Crippen MR) is 93.8 cm³/mol. The zero-order valence-corrected chi connectivity index (χ0v) is 14.6. The normalized spacial score (nSPS) is 10.7. The first-order chi connectivity index (χ1) is 12.1. The molecule has 0 radical (unpaired) electrons. The van der Waals surface area contributed by atoms with E-state index in [4.69, 9.17) is 4.42 Å². The minimum absolute atomic E-state index is 0.267. The summed E-state index contributed by atoms with van der Waals surface area (Å²) in [6.45, 7) is 2.06. The van der Waals surface area contributed by atoms with E-state index < -0.39 is 0 Å². The molecule has 1 aromatic carbocycles. The van der Waals surface area contributed by atoms with Gasteiger partial charge in [-0.25, -0.2) is 14.4 Å². The first-order valence-electron chi connectivity index (χ1n) is 7.57. The first-order valence-corrected chi connectivity index (χ1v) is 8.80. The molecule has 0 aliphatic carbocycles. The highest BCUT2D eigenvalue weighted by Gasteiger charge is 2.19. The van der Waals surface area contributed by atoms with E-state index in [-0.39, 0.29) is 11.7 Å². The van der Waals surface area contributed by atoms with Gasteiger partial charge in [0.05, 0.1) is 17.5 Å². The van der Waals surface area contributed by atoms with Crippen LogP contribution in [-0.4, -0.2) is 22.1 Å². The van der Waals surface area contributed by atoms with Crippen molar-refractivity contribution >= 4 is 17.7 Å². The predicted octanol–water partition coefficient (Wildman–Crippen LogP) is 3.84. The highest BCUT2D eigenvalue weighted by atomic mass is 32.2. The second-order valence-electron chi connectivity index (χ2n) is 5.30. The molecule has 0 aliphatic rings. The average molecular weight is 357 g/mol. The largest absolute Gasteiger partial charge is 0.461 e. The molecule has 128 valence electrons. The fourth-order valence-electron chi connectivity index (χ4n) is 2.34. The number of furan rings is 1. The summed E-state index contributed by atoms with van der Waals surface area (Å²) >= 11 is 1.37. The van der Waals surface area contributed by atoms with Crippen LogP contribution in [-0.2, 0) is 6.54 Å². The Morgan fingerprint density at radius 2 is 2.00 bits per heavy atom. The lowest BCUT2D eigenvalue weighted by Gasteiger charge is -2.11. The quantitative estimate of drug-likeness (QED) is 0.555. The van der Waals surface area contributed by atoms with Gasteiger partial charge in [-0.15, -0.1) is 11.8 Å². The van der Waals surface area contributed by atoms with Crippen LogP contribution in [0.4, 0.5) is 4.39 Å². The number of thioether (sulfide) groups is 1. The van der Waals surface area contributed by atoms with E-state index in [9.17, 15) is 9.18 Å². The number of aryl methyl sites for hydroxylation is 1. The van der Waals surface area contributed by atoms with Gasteiger partial charge >= 0.3 is 0 Å². The van der Waals surface area contributed by atoms with Crippen LogP contribution in [0.5, 0.6) is 0 Å². The molecule has 0 bridgehead atoms.